The predicted octanol–water partition coefficient (Wildman–Crippen LogP) is 5.05. The van der Waals surface area contributed by atoms with Crippen molar-refractivity contribution in [3.05, 3.63) is 66.0 Å². The number of hydrogen-bond donors (Lipinski definition) is 1. The van der Waals surface area contributed by atoms with Crippen LogP contribution in [0.15, 0.2) is 54.6 Å². The molecule has 3 aromatic rings. The molecule has 32 heavy (non-hydrogen) atoms. The Hall–Kier alpha value is -3.68. The molecule has 8 heteroatoms. The molecule has 1 aliphatic heterocycles. The van der Waals surface area contributed by atoms with Gasteiger partial charge in [-0.2, -0.15) is 15.0 Å². The van der Waals surface area contributed by atoms with Crippen LogP contribution < -0.4 is 15.0 Å². The number of hydrogen-bond acceptors (Lipinski definition) is 7. The third-order valence-corrected chi connectivity index (χ3v) is 5.36. The van der Waals surface area contributed by atoms with E-state index >= 15 is 0 Å². The zero-order valence-corrected chi connectivity index (χ0v) is 18.7. The highest BCUT2D eigenvalue weighted by Gasteiger charge is 2.35. The van der Waals surface area contributed by atoms with Gasteiger partial charge in [0.2, 0.25) is 11.9 Å². The van der Waals surface area contributed by atoms with E-state index in [1.807, 2.05) is 75.4 Å². The SMILES string of the molecule is CC[C@H]1COC(=O)N1c1nc(C)nc(NC(C)(C)c2ccc(Oc3ccccc3)cc2)n1. The monoisotopic (exact) mass is 433 g/mol. The van der Waals surface area contributed by atoms with Gasteiger partial charge in [0.25, 0.3) is 0 Å². The number of nitrogens with zero attached hydrogens (tertiary/aromatic N) is 4. The van der Waals surface area contributed by atoms with Crippen LogP contribution in [0.1, 0.15) is 38.6 Å². The zero-order valence-electron chi connectivity index (χ0n) is 18.7. The lowest BCUT2D eigenvalue weighted by Crippen LogP contribution is -2.35. The molecule has 1 atom stereocenters. The quantitative estimate of drug-likeness (QED) is 0.557. The molecule has 4 rings (SSSR count). The Balaban J connectivity index is 1.53. The van der Waals surface area contributed by atoms with Crippen molar-refractivity contribution in [2.75, 3.05) is 16.8 Å². The molecular weight excluding hydrogens is 406 g/mol. The molecule has 1 amide bonds. The fourth-order valence-corrected chi connectivity index (χ4v) is 3.55. The molecule has 0 aliphatic carbocycles. The summed E-state index contributed by atoms with van der Waals surface area (Å²) in [5.41, 5.74) is 0.552. The number of aromatic nitrogens is 3. The summed E-state index contributed by atoms with van der Waals surface area (Å²) in [4.78, 5) is 27.0. The lowest BCUT2D eigenvalue weighted by atomic mass is 9.94. The first-order valence-corrected chi connectivity index (χ1v) is 10.7. The second-order valence-electron chi connectivity index (χ2n) is 8.20. The molecule has 1 N–H and O–H groups in total. The highest BCUT2D eigenvalue weighted by atomic mass is 16.6. The number of carbonyl (C=O) groups excluding carboxylic acids is 1. The first-order chi connectivity index (χ1) is 15.4. The van der Waals surface area contributed by atoms with Crippen LogP contribution in [0.2, 0.25) is 0 Å². The number of rotatable bonds is 7. The van der Waals surface area contributed by atoms with Gasteiger partial charge in [-0.1, -0.05) is 37.3 Å². The van der Waals surface area contributed by atoms with Crippen LogP contribution in [0.4, 0.5) is 16.7 Å². The van der Waals surface area contributed by atoms with E-state index in [0.29, 0.717) is 24.3 Å². The number of amides is 1. The number of cyclic esters (lactones) is 1. The standard InChI is InChI=1S/C24H27N5O3/c1-5-18-15-31-23(30)29(18)22-26-16(2)25-21(27-22)28-24(3,4)17-11-13-20(14-12-17)32-19-9-7-6-8-10-19/h6-14,18H,5,15H2,1-4H3,(H,25,26,27,28)/t18-/m0/s1. The lowest BCUT2D eigenvalue weighted by molar-refractivity contribution is 0.178. The summed E-state index contributed by atoms with van der Waals surface area (Å²) in [6.07, 6.45) is 0.323. The van der Waals surface area contributed by atoms with E-state index in [4.69, 9.17) is 9.47 Å². The Morgan fingerprint density at radius 3 is 2.44 bits per heavy atom. The molecule has 166 valence electrons. The van der Waals surface area contributed by atoms with E-state index in [2.05, 4.69) is 20.3 Å². The van der Waals surface area contributed by atoms with Gasteiger partial charge < -0.3 is 14.8 Å². The van der Waals surface area contributed by atoms with E-state index in [1.165, 1.54) is 4.90 Å². The smallest absolute Gasteiger partial charge is 0.417 e. The van der Waals surface area contributed by atoms with Crippen LogP contribution in [-0.4, -0.2) is 33.7 Å². The summed E-state index contributed by atoms with van der Waals surface area (Å²) in [5, 5.41) is 3.37. The molecule has 0 spiro atoms. The van der Waals surface area contributed by atoms with Gasteiger partial charge in [0.15, 0.2) is 0 Å². The van der Waals surface area contributed by atoms with Gasteiger partial charge in [0, 0.05) is 0 Å². The number of ether oxygens (including phenoxy) is 2. The van der Waals surface area contributed by atoms with Crippen molar-refractivity contribution in [1.29, 1.82) is 0 Å². The molecule has 2 heterocycles. The zero-order chi connectivity index (χ0) is 22.7. The minimum Gasteiger partial charge on any atom is -0.457 e. The Morgan fingerprint density at radius 2 is 1.75 bits per heavy atom. The van der Waals surface area contributed by atoms with E-state index in [0.717, 1.165) is 23.5 Å². The van der Waals surface area contributed by atoms with Crippen molar-refractivity contribution in [2.24, 2.45) is 0 Å². The summed E-state index contributed by atoms with van der Waals surface area (Å²) in [5.74, 6) is 2.77. The summed E-state index contributed by atoms with van der Waals surface area (Å²) in [6.45, 7) is 8.20. The van der Waals surface area contributed by atoms with Crippen LogP contribution in [0, 0.1) is 6.92 Å². The van der Waals surface area contributed by atoms with Crippen LogP contribution in [0.3, 0.4) is 0 Å². The molecule has 1 aromatic heterocycles. The third-order valence-electron chi connectivity index (χ3n) is 5.36. The number of carbonyl (C=O) groups is 1. The van der Waals surface area contributed by atoms with Gasteiger partial charge in [0.05, 0.1) is 11.6 Å². The van der Waals surface area contributed by atoms with Gasteiger partial charge >= 0.3 is 6.09 Å². The highest BCUT2D eigenvalue weighted by molar-refractivity contribution is 5.88. The molecule has 1 aliphatic rings. The predicted molar refractivity (Wildman–Crippen MR) is 122 cm³/mol. The Kier molecular flexibility index (Phi) is 5.94. The number of nitrogens with one attached hydrogen (secondary N) is 1. The normalized spacial score (nSPS) is 16.1. The van der Waals surface area contributed by atoms with Crippen LogP contribution in [0.25, 0.3) is 0 Å². The number of para-hydroxylation sites is 1. The molecule has 2 aromatic carbocycles. The second kappa shape index (κ2) is 8.82. The minimum atomic E-state index is -0.480. The molecule has 0 bridgehead atoms. The summed E-state index contributed by atoms with van der Waals surface area (Å²) in [7, 11) is 0. The van der Waals surface area contributed by atoms with E-state index in [9.17, 15) is 4.79 Å². The van der Waals surface area contributed by atoms with Gasteiger partial charge in [-0.25, -0.2) is 9.69 Å². The maximum absolute atomic E-state index is 12.2. The maximum Gasteiger partial charge on any atom is 0.417 e. The number of anilines is 2. The Bertz CT molecular complexity index is 1090. The van der Waals surface area contributed by atoms with Gasteiger partial charge in [-0.3, -0.25) is 0 Å². The minimum absolute atomic E-state index is 0.0812. The highest BCUT2D eigenvalue weighted by Crippen LogP contribution is 2.29. The molecular formula is C24H27N5O3. The summed E-state index contributed by atoms with van der Waals surface area (Å²) < 4.78 is 11.1. The van der Waals surface area contributed by atoms with E-state index in [-0.39, 0.29) is 6.04 Å². The fourth-order valence-electron chi connectivity index (χ4n) is 3.55. The summed E-state index contributed by atoms with van der Waals surface area (Å²) in [6, 6.07) is 17.5. The van der Waals surface area contributed by atoms with Crippen molar-refractivity contribution < 1.29 is 14.3 Å². The molecule has 1 saturated heterocycles. The summed E-state index contributed by atoms with van der Waals surface area (Å²) >= 11 is 0. The van der Waals surface area contributed by atoms with E-state index in [1.54, 1.807) is 6.92 Å². The molecule has 8 nitrogen and oxygen atoms in total. The third kappa shape index (κ3) is 4.64. The van der Waals surface area contributed by atoms with Crippen molar-refractivity contribution in [3.8, 4) is 11.5 Å². The van der Waals surface area contributed by atoms with Crippen LogP contribution in [0.5, 0.6) is 11.5 Å². The lowest BCUT2D eigenvalue weighted by Gasteiger charge is -2.28. The average Bonchev–Trinajstić information content (AvgIpc) is 3.14. The number of benzene rings is 2. The van der Waals surface area contributed by atoms with E-state index < -0.39 is 11.6 Å². The first-order valence-electron chi connectivity index (χ1n) is 10.7. The van der Waals surface area contributed by atoms with Gasteiger partial charge in [-0.05, 0) is 57.0 Å². The topological polar surface area (TPSA) is 89.5 Å². The molecule has 0 saturated carbocycles. The Labute approximate surface area is 187 Å². The van der Waals surface area contributed by atoms with Crippen molar-refractivity contribution in [2.45, 2.75) is 45.7 Å². The largest absolute Gasteiger partial charge is 0.457 e. The number of aryl methyl sites for hydroxylation is 1. The van der Waals surface area contributed by atoms with Crippen molar-refractivity contribution in [1.82, 2.24) is 15.0 Å². The van der Waals surface area contributed by atoms with Crippen LogP contribution >= 0.6 is 0 Å². The van der Waals surface area contributed by atoms with Gasteiger partial charge in [0.1, 0.15) is 23.9 Å². The van der Waals surface area contributed by atoms with Crippen molar-refractivity contribution >= 4 is 18.0 Å². The van der Waals surface area contributed by atoms with Gasteiger partial charge in [-0.15, -0.1) is 0 Å². The second-order valence-corrected chi connectivity index (χ2v) is 8.20. The van der Waals surface area contributed by atoms with Crippen LogP contribution in [-0.2, 0) is 10.3 Å². The fraction of sp³-hybridized carbons (Fsp3) is 0.333. The first kappa shape index (κ1) is 21.5. The Morgan fingerprint density at radius 1 is 1.06 bits per heavy atom. The van der Waals surface area contributed by atoms with Crippen molar-refractivity contribution in [3.63, 3.8) is 0 Å². The maximum atomic E-state index is 12.2. The molecule has 1 fully saturated rings. The average molecular weight is 434 g/mol. The molecule has 0 unspecified atom stereocenters. The molecule has 0 radical (unpaired) electrons.